The van der Waals surface area contributed by atoms with Crippen molar-refractivity contribution in [3.8, 4) is 0 Å². The molecule has 0 aliphatic heterocycles. The fourth-order valence-electron chi connectivity index (χ4n) is 2.91. The lowest BCUT2D eigenvalue weighted by molar-refractivity contribution is 0.473. The van der Waals surface area contributed by atoms with Crippen molar-refractivity contribution in [2.45, 2.75) is 32.7 Å². The van der Waals surface area contributed by atoms with Gasteiger partial charge in [0.1, 0.15) is 11.6 Å². The van der Waals surface area contributed by atoms with Crippen LogP contribution < -0.4 is 5.32 Å². The van der Waals surface area contributed by atoms with Crippen LogP contribution in [0.15, 0.2) is 29.4 Å². The molecule has 7 heteroatoms. The van der Waals surface area contributed by atoms with E-state index in [-0.39, 0.29) is 0 Å². The van der Waals surface area contributed by atoms with Gasteiger partial charge in [-0.15, -0.1) is 0 Å². The van der Waals surface area contributed by atoms with E-state index < -0.39 is 11.6 Å². The molecule has 1 heterocycles. The minimum atomic E-state index is -0.563. The van der Waals surface area contributed by atoms with E-state index in [4.69, 9.17) is 0 Å². The van der Waals surface area contributed by atoms with Crippen LogP contribution in [0.1, 0.15) is 36.6 Å². The van der Waals surface area contributed by atoms with Crippen LogP contribution >= 0.6 is 0 Å². The van der Waals surface area contributed by atoms with Crippen LogP contribution in [0.3, 0.4) is 0 Å². The molecule has 142 valence electrons. The molecule has 5 nitrogen and oxygen atoms in total. The van der Waals surface area contributed by atoms with Crippen molar-refractivity contribution in [1.29, 1.82) is 0 Å². The van der Waals surface area contributed by atoms with Crippen molar-refractivity contribution in [3.63, 3.8) is 0 Å². The van der Waals surface area contributed by atoms with E-state index in [1.807, 2.05) is 29.9 Å². The highest BCUT2D eigenvalue weighted by molar-refractivity contribution is 5.79. The zero-order chi connectivity index (χ0) is 19.3. The molecule has 26 heavy (non-hydrogen) atoms. The molecule has 0 unspecified atom stereocenters. The molecule has 0 amide bonds. The number of nitrogens with zero attached hydrogens (tertiary/aromatic N) is 4. The number of guanidine groups is 1. The maximum Gasteiger partial charge on any atom is 0.193 e. The fraction of sp³-hybridized carbons (Fsp3) is 0.474. The Balaban J connectivity index is 1.96. The summed E-state index contributed by atoms with van der Waals surface area (Å²) < 4.78 is 28.5. The molecule has 1 N–H and O–H groups in total. The number of nitrogens with one attached hydrogen (secondary N) is 1. The minimum Gasteiger partial charge on any atom is -0.356 e. The van der Waals surface area contributed by atoms with Crippen molar-refractivity contribution in [2.24, 2.45) is 12.0 Å². The predicted molar refractivity (Wildman–Crippen MR) is 100 cm³/mol. The summed E-state index contributed by atoms with van der Waals surface area (Å²) in [5.74, 6) is -0.0265. The molecular weight excluding hydrogens is 336 g/mol. The molecule has 0 bridgehead atoms. The van der Waals surface area contributed by atoms with Crippen LogP contribution in [0.4, 0.5) is 8.78 Å². The Hall–Kier alpha value is -2.44. The first kappa shape index (κ1) is 19.9. The third-order valence-electron chi connectivity index (χ3n) is 4.16. The number of aryl methyl sites for hydroxylation is 1. The van der Waals surface area contributed by atoms with Gasteiger partial charge in [0.2, 0.25) is 0 Å². The summed E-state index contributed by atoms with van der Waals surface area (Å²) in [6.07, 6.45) is 2.47. The van der Waals surface area contributed by atoms with Gasteiger partial charge in [0.25, 0.3) is 0 Å². The van der Waals surface area contributed by atoms with E-state index in [9.17, 15) is 8.78 Å². The van der Waals surface area contributed by atoms with Gasteiger partial charge in [-0.3, -0.25) is 9.67 Å². The topological polar surface area (TPSA) is 45.5 Å². The van der Waals surface area contributed by atoms with Crippen LogP contribution in [-0.2, 0) is 20.0 Å². The lowest BCUT2D eigenvalue weighted by Crippen LogP contribution is -2.39. The molecule has 1 aromatic carbocycles. The SMILES string of the molecule is CN=C(NCCc1ccc(F)cc1F)N(C)Cc1cn(C)nc1C(C)C. The summed E-state index contributed by atoms with van der Waals surface area (Å²) in [5.41, 5.74) is 2.70. The highest BCUT2D eigenvalue weighted by atomic mass is 19.1. The third-order valence-corrected chi connectivity index (χ3v) is 4.16. The number of hydrogen-bond acceptors (Lipinski definition) is 2. The third kappa shape index (κ3) is 5.03. The van der Waals surface area contributed by atoms with Crippen molar-refractivity contribution < 1.29 is 8.78 Å². The monoisotopic (exact) mass is 363 g/mol. The number of aromatic nitrogens is 2. The van der Waals surface area contributed by atoms with Crippen molar-refractivity contribution >= 4 is 5.96 Å². The lowest BCUT2D eigenvalue weighted by Gasteiger charge is -2.22. The molecule has 0 fully saturated rings. The summed E-state index contributed by atoms with van der Waals surface area (Å²) in [4.78, 5) is 6.29. The highest BCUT2D eigenvalue weighted by Gasteiger charge is 2.15. The zero-order valence-electron chi connectivity index (χ0n) is 16.1. The van der Waals surface area contributed by atoms with Gasteiger partial charge in [-0.2, -0.15) is 5.10 Å². The Bertz CT molecular complexity index is 767. The summed E-state index contributed by atoms with van der Waals surface area (Å²) in [6, 6.07) is 3.66. The van der Waals surface area contributed by atoms with Crippen molar-refractivity contribution in [3.05, 3.63) is 52.9 Å². The second-order valence-electron chi connectivity index (χ2n) is 6.68. The Morgan fingerprint density at radius 1 is 1.31 bits per heavy atom. The van der Waals surface area contributed by atoms with Gasteiger partial charge in [0.05, 0.1) is 5.69 Å². The van der Waals surface area contributed by atoms with Gasteiger partial charge in [-0.1, -0.05) is 19.9 Å². The van der Waals surface area contributed by atoms with Crippen LogP contribution in [0, 0.1) is 11.6 Å². The van der Waals surface area contributed by atoms with Gasteiger partial charge in [-0.25, -0.2) is 8.78 Å². The summed E-state index contributed by atoms with van der Waals surface area (Å²) in [5, 5.41) is 7.75. The molecule has 0 saturated heterocycles. The van der Waals surface area contributed by atoms with E-state index in [0.29, 0.717) is 37.0 Å². The molecule has 0 radical (unpaired) electrons. The minimum absolute atomic E-state index is 0.344. The molecule has 0 atom stereocenters. The molecule has 0 aliphatic carbocycles. The Kier molecular flexibility index (Phi) is 6.71. The van der Waals surface area contributed by atoms with E-state index in [0.717, 1.165) is 17.3 Å². The molecule has 2 rings (SSSR count). The normalized spacial score (nSPS) is 11.9. The summed E-state index contributed by atoms with van der Waals surface area (Å²) in [7, 11) is 5.58. The first-order valence-electron chi connectivity index (χ1n) is 8.70. The van der Waals surface area contributed by atoms with Crippen LogP contribution in [-0.4, -0.2) is 41.3 Å². The number of aliphatic imine (C=N–C) groups is 1. The summed E-state index contributed by atoms with van der Waals surface area (Å²) in [6.45, 7) is 5.42. The van der Waals surface area contributed by atoms with E-state index in [2.05, 4.69) is 29.3 Å². The average molecular weight is 363 g/mol. The molecule has 1 aromatic heterocycles. The van der Waals surface area contributed by atoms with Crippen LogP contribution in [0.2, 0.25) is 0 Å². The van der Waals surface area contributed by atoms with Gasteiger partial charge in [-0.05, 0) is 24.0 Å². The number of benzene rings is 1. The molecule has 0 saturated carbocycles. The van der Waals surface area contributed by atoms with Gasteiger partial charge < -0.3 is 10.2 Å². The maximum absolute atomic E-state index is 13.7. The fourth-order valence-corrected chi connectivity index (χ4v) is 2.91. The highest BCUT2D eigenvalue weighted by Crippen LogP contribution is 2.18. The number of halogens is 2. The van der Waals surface area contributed by atoms with Crippen molar-refractivity contribution in [2.75, 3.05) is 20.6 Å². The van der Waals surface area contributed by atoms with E-state index >= 15 is 0 Å². The van der Waals surface area contributed by atoms with Crippen LogP contribution in [0.5, 0.6) is 0 Å². The molecular formula is C19H27F2N5. The first-order chi connectivity index (χ1) is 12.3. The molecule has 0 aliphatic rings. The van der Waals surface area contributed by atoms with E-state index in [1.165, 1.54) is 12.1 Å². The Morgan fingerprint density at radius 3 is 2.65 bits per heavy atom. The first-order valence-corrected chi connectivity index (χ1v) is 8.70. The van der Waals surface area contributed by atoms with Crippen molar-refractivity contribution in [1.82, 2.24) is 20.0 Å². The predicted octanol–water partition coefficient (Wildman–Crippen LogP) is 3.07. The van der Waals surface area contributed by atoms with Gasteiger partial charge in [0, 0.05) is 52.1 Å². The van der Waals surface area contributed by atoms with Gasteiger partial charge in [0.15, 0.2) is 5.96 Å². The molecule has 2 aromatic rings. The number of hydrogen-bond donors (Lipinski definition) is 1. The largest absolute Gasteiger partial charge is 0.356 e. The van der Waals surface area contributed by atoms with E-state index in [1.54, 1.807) is 7.05 Å². The lowest BCUT2D eigenvalue weighted by atomic mass is 10.1. The quantitative estimate of drug-likeness (QED) is 0.634. The summed E-state index contributed by atoms with van der Waals surface area (Å²) >= 11 is 0. The standard InChI is InChI=1S/C19H27F2N5/c1-13(2)18-15(12-26(5)24-18)11-25(4)19(22-3)23-9-8-14-6-7-16(20)10-17(14)21/h6-7,10,12-13H,8-9,11H2,1-5H3,(H,22,23). The second kappa shape index (κ2) is 8.78. The Morgan fingerprint density at radius 2 is 2.04 bits per heavy atom. The Labute approximate surface area is 153 Å². The smallest absolute Gasteiger partial charge is 0.193 e. The van der Waals surface area contributed by atoms with Crippen LogP contribution in [0.25, 0.3) is 0 Å². The van der Waals surface area contributed by atoms with Gasteiger partial charge >= 0.3 is 0 Å². The average Bonchev–Trinajstić information content (AvgIpc) is 2.93. The maximum atomic E-state index is 13.7. The second-order valence-corrected chi connectivity index (χ2v) is 6.68. The number of rotatable bonds is 6. The molecule has 0 spiro atoms. The zero-order valence-corrected chi connectivity index (χ0v) is 16.1.